The van der Waals surface area contributed by atoms with Crippen molar-refractivity contribution in [2.75, 3.05) is 19.0 Å². The first-order valence-electron chi connectivity index (χ1n) is 6.16. The van der Waals surface area contributed by atoms with E-state index in [2.05, 4.69) is 5.10 Å². The van der Waals surface area contributed by atoms with Gasteiger partial charge in [-0.25, -0.2) is 8.42 Å². The average molecular weight is 292 g/mol. The molecule has 0 aliphatic heterocycles. The average Bonchev–Trinajstić information content (AvgIpc) is 3.03. The van der Waals surface area contributed by atoms with Gasteiger partial charge in [-0.3, -0.25) is 4.68 Å². The lowest BCUT2D eigenvalue weighted by molar-refractivity contribution is 0.412. The smallest absolute Gasteiger partial charge is 0.246 e. The second-order valence-corrected chi connectivity index (χ2v) is 6.84. The summed E-state index contributed by atoms with van der Waals surface area (Å²) in [4.78, 5) is 0.259. The molecule has 0 amide bonds. The maximum Gasteiger partial charge on any atom is 0.246 e. The van der Waals surface area contributed by atoms with Crippen LogP contribution in [0.4, 0.5) is 0 Å². The Morgan fingerprint density at radius 3 is 2.83 bits per heavy atom. The summed E-state index contributed by atoms with van der Waals surface area (Å²) < 4.78 is 27.9. The van der Waals surface area contributed by atoms with E-state index in [9.17, 15) is 8.42 Å². The third-order valence-electron chi connectivity index (χ3n) is 3.07. The molecule has 102 valence electrons. The van der Waals surface area contributed by atoms with E-state index in [1.165, 1.54) is 10.5 Å². The second kappa shape index (κ2) is 5.59. The highest BCUT2D eigenvalue weighted by atomic mass is 35.5. The number of alkyl halides is 1. The zero-order chi connectivity index (χ0) is 13.2. The lowest BCUT2D eigenvalue weighted by atomic mass is 10.4. The van der Waals surface area contributed by atoms with Crippen LogP contribution in [-0.4, -0.2) is 41.5 Å². The van der Waals surface area contributed by atoms with Crippen LogP contribution in [-0.2, 0) is 16.6 Å². The van der Waals surface area contributed by atoms with Crippen LogP contribution in [0.15, 0.2) is 17.3 Å². The molecule has 0 spiro atoms. The van der Waals surface area contributed by atoms with Gasteiger partial charge >= 0.3 is 0 Å². The Labute approximate surface area is 113 Å². The van der Waals surface area contributed by atoms with Crippen molar-refractivity contribution in [1.29, 1.82) is 0 Å². The Hall–Kier alpha value is -0.590. The third kappa shape index (κ3) is 3.05. The van der Waals surface area contributed by atoms with Gasteiger partial charge in [0.2, 0.25) is 10.0 Å². The predicted molar refractivity (Wildman–Crippen MR) is 70.1 cm³/mol. The fourth-order valence-electron chi connectivity index (χ4n) is 1.82. The highest BCUT2D eigenvalue weighted by molar-refractivity contribution is 7.89. The van der Waals surface area contributed by atoms with Crippen LogP contribution in [0.25, 0.3) is 0 Å². The molecule has 1 fully saturated rings. The molecule has 0 N–H and O–H groups in total. The fraction of sp³-hybridized carbons (Fsp3) is 0.727. The molecule has 1 aliphatic carbocycles. The SMILES string of the molecule is CCN(CC1CC1)S(=O)(=O)c1cnn(CCCl)c1. The Kier molecular flexibility index (Phi) is 4.29. The molecule has 0 bridgehead atoms. The summed E-state index contributed by atoms with van der Waals surface area (Å²) in [6.45, 7) is 3.51. The number of sulfonamides is 1. The first-order chi connectivity index (χ1) is 8.57. The van der Waals surface area contributed by atoms with E-state index in [4.69, 9.17) is 11.6 Å². The molecule has 1 heterocycles. The maximum absolute atomic E-state index is 12.4. The van der Waals surface area contributed by atoms with Crippen molar-refractivity contribution in [3.05, 3.63) is 12.4 Å². The fourth-order valence-corrected chi connectivity index (χ4v) is 3.47. The molecule has 1 aromatic heterocycles. The minimum atomic E-state index is -3.40. The van der Waals surface area contributed by atoms with Crippen LogP contribution in [0, 0.1) is 5.92 Å². The van der Waals surface area contributed by atoms with Gasteiger partial charge in [-0.15, -0.1) is 11.6 Å². The quantitative estimate of drug-likeness (QED) is 0.716. The summed E-state index contributed by atoms with van der Waals surface area (Å²) in [5, 5.41) is 4.01. The summed E-state index contributed by atoms with van der Waals surface area (Å²) >= 11 is 5.61. The monoisotopic (exact) mass is 291 g/mol. The number of nitrogens with zero attached hydrogens (tertiary/aromatic N) is 3. The van der Waals surface area contributed by atoms with E-state index in [-0.39, 0.29) is 4.90 Å². The van der Waals surface area contributed by atoms with E-state index >= 15 is 0 Å². The number of aryl methyl sites for hydroxylation is 1. The normalized spacial score (nSPS) is 16.4. The topological polar surface area (TPSA) is 55.2 Å². The molecule has 0 radical (unpaired) electrons. The Bertz CT molecular complexity index is 496. The Balaban J connectivity index is 2.15. The molecule has 0 aromatic carbocycles. The lowest BCUT2D eigenvalue weighted by Crippen LogP contribution is -2.32. The summed E-state index contributed by atoms with van der Waals surface area (Å²) in [5.74, 6) is 0.957. The maximum atomic E-state index is 12.4. The Morgan fingerprint density at radius 1 is 1.56 bits per heavy atom. The van der Waals surface area contributed by atoms with Gasteiger partial charge in [-0.05, 0) is 18.8 Å². The predicted octanol–water partition coefficient (Wildman–Crippen LogP) is 1.54. The molecule has 0 atom stereocenters. The van der Waals surface area contributed by atoms with Crippen molar-refractivity contribution in [1.82, 2.24) is 14.1 Å². The van der Waals surface area contributed by atoms with Crippen LogP contribution in [0.2, 0.25) is 0 Å². The van der Waals surface area contributed by atoms with E-state index in [0.717, 1.165) is 12.8 Å². The van der Waals surface area contributed by atoms with Gasteiger partial charge in [0, 0.05) is 25.2 Å². The third-order valence-corrected chi connectivity index (χ3v) is 5.14. The number of halogens is 1. The molecule has 0 saturated heterocycles. The van der Waals surface area contributed by atoms with Gasteiger partial charge < -0.3 is 0 Å². The van der Waals surface area contributed by atoms with Crippen LogP contribution in [0.1, 0.15) is 19.8 Å². The summed E-state index contributed by atoms with van der Waals surface area (Å²) in [7, 11) is -3.40. The van der Waals surface area contributed by atoms with Crippen molar-refractivity contribution in [2.45, 2.75) is 31.2 Å². The van der Waals surface area contributed by atoms with Gasteiger partial charge in [0.1, 0.15) is 4.90 Å². The van der Waals surface area contributed by atoms with Gasteiger partial charge in [0.05, 0.1) is 12.7 Å². The highest BCUT2D eigenvalue weighted by Crippen LogP contribution is 2.31. The van der Waals surface area contributed by atoms with E-state index in [1.807, 2.05) is 6.92 Å². The van der Waals surface area contributed by atoms with Gasteiger partial charge in [-0.2, -0.15) is 9.40 Å². The second-order valence-electron chi connectivity index (χ2n) is 4.53. The standard InChI is InChI=1S/C11H18ClN3O2S/c1-2-15(8-10-3-4-10)18(16,17)11-7-13-14(9-11)6-5-12/h7,9-10H,2-6,8H2,1H3. The summed E-state index contributed by atoms with van der Waals surface area (Å²) in [6, 6.07) is 0. The van der Waals surface area contributed by atoms with Crippen molar-refractivity contribution >= 4 is 21.6 Å². The molecule has 5 nitrogen and oxygen atoms in total. The number of hydrogen-bond acceptors (Lipinski definition) is 3. The van der Waals surface area contributed by atoms with E-state index in [1.54, 1.807) is 10.9 Å². The van der Waals surface area contributed by atoms with Gasteiger partial charge in [0.25, 0.3) is 0 Å². The minimum absolute atomic E-state index is 0.259. The van der Waals surface area contributed by atoms with E-state index < -0.39 is 10.0 Å². The molecule has 7 heteroatoms. The first kappa shape index (κ1) is 13.8. The Morgan fingerprint density at radius 2 is 2.28 bits per heavy atom. The molecule has 2 rings (SSSR count). The molecule has 1 aromatic rings. The molecule has 18 heavy (non-hydrogen) atoms. The minimum Gasteiger partial charge on any atom is -0.270 e. The highest BCUT2D eigenvalue weighted by Gasteiger charge is 2.31. The zero-order valence-electron chi connectivity index (χ0n) is 10.4. The number of rotatable bonds is 7. The van der Waals surface area contributed by atoms with Gasteiger partial charge in [-0.1, -0.05) is 6.92 Å². The van der Waals surface area contributed by atoms with Crippen LogP contribution in [0.5, 0.6) is 0 Å². The molecular formula is C11H18ClN3O2S. The number of aromatic nitrogens is 2. The van der Waals surface area contributed by atoms with Crippen LogP contribution in [0.3, 0.4) is 0 Å². The van der Waals surface area contributed by atoms with Gasteiger partial charge in [0.15, 0.2) is 0 Å². The van der Waals surface area contributed by atoms with E-state index in [0.29, 0.717) is 31.4 Å². The zero-order valence-corrected chi connectivity index (χ0v) is 12.0. The molecule has 0 unspecified atom stereocenters. The largest absolute Gasteiger partial charge is 0.270 e. The molecule has 1 aliphatic rings. The summed E-state index contributed by atoms with van der Waals surface area (Å²) in [6.07, 6.45) is 5.22. The van der Waals surface area contributed by atoms with Crippen molar-refractivity contribution in [3.8, 4) is 0 Å². The number of hydrogen-bond donors (Lipinski definition) is 0. The molecule has 1 saturated carbocycles. The lowest BCUT2D eigenvalue weighted by Gasteiger charge is -2.19. The van der Waals surface area contributed by atoms with Crippen LogP contribution < -0.4 is 0 Å². The van der Waals surface area contributed by atoms with Crippen molar-refractivity contribution in [3.63, 3.8) is 0 Å². The van der Waals surface area contributed by atoms with Crippen molar-refractivity contribution in [2.24, 2.45) is 5.92 Å². The summed E-state index contributed by atoms with van der Waals surface area (Å²) in [5.41, 5.74) is 0. The first-order valence-corrected chi connectivity index (χ1v) is 8.14. The van der Waals surface area contributed by atoms with Crippen LogP contribution >= 0.6 is 11.6 Å². The van der Waals surface area contributed by atoms with Crippen molar-refractivity contribution < 1.29 is 8.42 Å². The molecular weight excluding hydrogens is 274 g/mol.